The molecule has 4 rings (SSSR count). The van der Waals surface area contributed by atoms with Gasteiger partial charge in [-0.1, -0.05) is 6.07 Å². The lowest BCUT2D eigenvalue weighted by Crippen LogP contribution is -2.45. The number of benzene rings is 1. The molecule has 5 heteroatoms. The van der Waals surface area contributed by atoms with Crippen LogP contribution < -0.4 is 0 Å². The average Bonchev–Trinajstić information content (AvgIpc) is 3.29. The number of aromatic nitrogens is 2. The fourth-order valence-corrected chi connectivity index (χ4v) is 4.11. The van der Waals surface area contributed by atoms with Crippen LogP contribution in [0.25, 0.3) is 5.69 Å². The number of nitrogens with zero attached hydrogens (tertiary/aromatic N) is 4. The highest BCUT2D eigenvalue weighted by Gasteiger charge is 2.30. The van der Waals surface area contributed by atoms with Gasteiger partial charge in [-0.15, -0.1) is 0 Å². The van der Waals surface area contributed by atoms with Crippen LogP contribution in [0.2, 0.25) is 0 Å². The van der Waals surface area contributed by atoms with E-state index in [0.717, 1.165) is 57.5 Å². The number of carbonyl (C=O) groups is 1. The Morgan fingerprint density at radius 2 is 2.04 bits per heavy atom. The molecule has 25 heavy (non-hydrogen) atoms. The van der Waals surface area contributed by atoms with Crippen LogP contribution in [0.15, 0.2) is 36.7 Å². The van der Waals surface area contributed by atoms with Gasteiger partial charge in [0, 0.05) is 51.0 Å². The molecule has 2 aliphatic rings. The first-order valence-corrected chi connectivity index (χ1v) is 9.32. The van der Waals surface area contributed by atoms with Crippen LogP contribution in [-0.4, -0.2) is 51.2 Å². The molecule has 1 amide bonds. The molecule has 2 aliphatic heterocycles. The van der Waals surface area contributed by atoms with Gasteiger partial charge in [0.2, 0.25) is 5.91 Å². The van der Waals surface area contributed by atoms with Crippen molar-refractivity contribution in [1.82, 2.24) is 19.6 Å². The Morgan fingerprint density at radius 3 is 2.68 bits per heavy atom. The van der Waals surface area contributed by atoms with E-state index in [2.05, 4.69) is 40.0 Å². The normalized spacial score (nSPS) is 19.7. The van der Waals surface area contributed by atoms with Crippen molar-refractivity contribution in [2.24, 2.45) is 0 Å². The summed E-state index contributed by atoms with van der Waals surface area (Å²) in [5, 5.41) is 4.30. The lowest BCUT2D eigenvalue weighted by Gasteiger charge is -2.37. The number of amides is 1. The van der Waals surface area contributed by atoms with Crippen molar-refractivity contribution in [2.45, 2.75) is 45.2 Å². The van der Waals surface area contributed by atoms with Gasteiger partial charge < -0.3 is 4.90 Å². The highest BCUT2D eigenvalue weighted by Crippen LogP contribution is 2.24. The Labute approximate surface area is 149 Å². The minimum absolute atomic E-state index is 0.364. The standard InChI is InChI=1S/C20H26N4O/c1-16-14-19(24-11-3-9-21-24)6-5-17(16)15-22-12-7-18(8-13-22)23-10-2-4-20(23)25/h3,5-6,9,11,14,18H,2,4,7-8,10,12-13,15H2,1H3. The molecular formula is C20H26N4O. The monoisotopic (exact) mass is 338 g/mol. The van der Waals surface area contributed by atoms with Crippen molar-refractivity contribution in [2.75, 3.05) is 19.6 Å². The number of rotatable bonds is 4. The van der Waals surface area contributed by atoms with E-state index in [1.54, 1.807) is 6.20 Å². The lowest BCUT2D eigenvalue weighted by molar-refractivity contribution is -0.130. The summed E-state index contributed by atoms with van der Waals surface area (Å²) >= 11 is 0. The van der Waals surface area contributed by atoms with Crippen LogP contribution in [0.1, 0.15) is 36.8 Å². The molecule has 5 nitrogen and oxygen atoms in total. The smallest absolute Gasteiger partial charge is 0.222 e. The summed E-state index contributed by atoms with van der Waals surface area (Å²) < 4.78 is 1.90. The maximum atomic E-state index is 11.9. The largest absolute Gasteiger partial charge is 0.340 e. The summed E-state index contributed by atoms with van der Waals surface area (Å²) in [6, 6.07) is 8.98. The van der Waals surface area contributed by atoms with Crippen molar-refractivity contribution in [3.8, 4) is 5.69 Å². The van der Waals surface area contributed by atoms with E-state index < -0.39 is 0 Å². The van der Waals surface area contributed by atoms with Gasteiger partial charge in [0.15, 0.2) is 0 Å². The molecule has 2 aromatic rings. The number of hydrogen-bond acceptors (Lipinski definition) is 3. The fourth-order valence-electron chi connectivity index (χ4n) is 4.11. The van der Waals surface area contributed by atoms with E-state index >= 15 is 0 Å². The predicted octanol–water partition coefficient (Wildman–Crippen LogP) is 2.77. The van der Waals surface area contributed by atoms with Gasteiger partial charge in [0.05, 0.1) is 5.69 Å². The first kappa shape index (κ1) is 16.3. The topological polar surface area (TPSA) is 41.4 Å². The first-order chi connectivity index (χ1) is 12.2. The highest BCUT2D eigenvalue weighted by molar-refractivity contribution is 5.78. The molecule has 2 fully saturated rings. The zero-order valence-corrected chi connectivity index (χ0v) is 14.9. The Kier molecular flexibility index (Phi) is 4.57. The molecule has 0 saturated carbocycles. The van der Waals surface area contributed by atoms with Crippen LogP contribution in [-0.2, 0) is 11.3 Å². The number of aryl methyl sites for hydroxylation is 1. The molecule has 0 bridgehead atoms. The third-order valence-electron chi connectivity index (χ3n) is 5.60. The van der Waals surface area contributed by atoms with Gasteiger partial charge in [-0.05, 0) is 55.5 Å². The van der Waals surface area contributed by atoms with E-state index in [-0.39, 0.29) is 0 Å². The number of likely N-dealkylation sites (tertiary alicyclic amines) is 2. The molecule has 0 aliphatic carbocycles. The van der Waals surface area contributed by atoms with Crippen LogP contribution in [0.3, 0.4) is 0 Å². The number of piperidine rings is 1. The van der Waals surface area contributed by atoms with Gasteiger partial charge in [-0.25, -0.2) is 4.68 Å². The Hall–Kier alpha value is -2.14. The SMILES string of the molecule is Cc1cc(-n2cccn2)ccc1CN1CCC(N2CCCC2=O)CC1. The maximum Gasteiger partial charge on any atom is 0.222 e. The van der Waals surface area contributed by atoms with E-state index in [1.165, 1.54) is 11.1 Å². The van der Waals surface area contributed by atoms with Gasteiger partial charge in [-0.3, -0.25) is 9.69 Å². The predicted molar refractivity (Wildman–Crippen MR) is 97.5 cm³/mol. The van der Waals surface area contributed by atoms with Crippen LogP contribution in [0.5, 0.6) is 0 Å². The molecular weight excluding hydrogens is 312 g/mol. The third kappa shape index (κ3) is 3.47. The Balaban J connectivity index is 1.36. The highest BCUT2D eigenvalue weighted by atomic mass is 16.2. The van der Waals surface area contributed by atoms with Gasteiger partial charge in [-0.2, -0.15) is 5.10 Å². The molecule has 0 atom stereocenters. The summed E-state index contributed by atoms with van der Waals surface area (Å²) in [7, 11) is 0. The van der Waals surface area contributed by atoms with E-state index in [0.29, 0.717) is 11.9 Å². The van der Waals surface area contributed by atoms with E-state index in [9.17, 15) is 4.79 Å². The second kappa shape index (κ2) is 7.00. The van der Waals surface area contributed by atoms with Crippen molar-refractivity contribution in [3.05, 3.63) is 47.8 Å². The zero-order valence-electron chi connectivity index (χ0n) is 14.9. The molecule has 0 N–H and O–H groups in total. The van der Waals surface area contributed by atoms with E-state index in [4.69, 9.17) is 0 Å². The maximum absolute atomic E-state index is 11.9. The van der Waals surface area contributed by atoms with Crippen LogP contribution in [0.4, 0.5) is 0 Å². The van der Waals surface area contributed by atoms with Crippen molar-refractivity contribution >= 4 is 5.91 Å². The second-order valence-corrected chi connectivity index (χ2v) is 7.26. The fraction of sp³-hybridized carbons (Fsp3) is 0.500. The molecule has 132 valence electrons. The molecule has 0 unspecified atom stereocenters. The number of carbonyl (C=O) groups excluding carboxylic acids is 1. The quantitative estimate of drug-likeness (QED) is 0.861. The minimum atomic E-state index is 0.364. The molecule has 3 heterocycles. The van der Waals surface area contributed by atoms with Gasteiger partial charge in [0.25, 0.3) is 0 Å². The average molecular weight is 338 g/mol. The summed E-state index contributed by atoms with van der Waals surface area (Å²) in [6.45, 7) is 6.30. The zero-order chi connectivity index (χ0) is 17.2. The molecule has 2 saturated heterocycles. The molecule has 0 radical (unpaired) electrons. The molecule has 1 aromatic carbocycles. The third-order valence-corrected chi connectivity index (χ3v) is 5.60. The van der Waals surface area contributed by atoms with Crippen molar-refractivity contribution in [1.29, 1.82) is 0 Å². The summed E-state index contributed by atoms with van der Waals surface area (Å²) in [6.07, 6.45) is 7.78. The second-order valence-electron chi connectivity index (χ2n) is 7.26. The number of hydrogen-bond donors (Lipinski definition) is 0. The summed E-state index contributed by atoms with van der Waals surface area (Å²) in [5.74, 6) is 0.364. The van der Waals surface area contributed by atoms with Gasteiger partial charge >= 0.3 is 0 Å². The van der Waals surface area contributed by atoms with Crippen molar-refractivity contribution < 1.29 is 4.79 Å². The Bertz CT molecular complexity index is 732. The van der Waals surface area contributed by atoms with Gasteiger partial charge in [0.1, 0.15) is 0 Å². The Morgan fingerprint density at radius 1 is 1.20 bits per heavy atom. The van der Waals surface area contributed by atoms with Crippen LogP contribution in [0, 0.1) is 6.92 Å². The summed E-state index contributed by atoms with van der Waals surface area (Å²) in [4.78, 5) is 16.6. The summed E-state index contributed by atoms with van der Waals surface area (Å²) in [5.41, 5.74) is 3.80. The first-order valence-electron chi connectivity index (χ1n) is 9.32. The van der Waals surface area contributed by atoms with E-state index in [1.807, 2.05) is 16.9 Å². The molecule has 0 spiro atoms. The lowest BCUT2D eigenvalue weighted by atomic mass is 10.0. The van der Waals surface area contributed by atoms with Crippen molar-refractivity contribution in [3.63, 3.8) is 0 Å². The minimum Gasteiger partial charge on any atom is -0.340 e. The molecule has 1 aromatic heterocycles. The van der Waals surface area contributed by atoms with Crippen LogP contribution >= 0.6 is 0 Å².